The van der Waals surface area contributed by atoms with Crippen LogP contribution in [0.15, 0.2) is 0 Å². The van der Waals surface area contributed by atoms with Crippen molar-refractivity contribution >= 4 is 0 Å². The highest BCUT2D eigenvalue weighted by molar-refractivity contribution is 5.03. The van der Waals surface area contributed by atoms with Crippen LogP contribution in [0.2, 0.25) is 0 Å². The number of aliphatic hydroxyl groups is 4. The van der Waals surface area contributed by atoms with Crippen molar-refractivity contribution in [1.29, 1.82) is 0 Å². The standard InChI is InChI=1S/C7H13O5/c1-7(3-9)6(11)5(10)4(2-8)12-7/h4-6,8-11H,1-3H2/t4-,5-,6+,7?/m1/s1. The van der Waals surface area contributed by atoms with Crippen LogP contribution in [0.5, 0.6) is 0 Å². The summed E-state index contributed by atoms with van der Waals surface area (Å²) < 4.78 is 4.96. The molecule has 1 aliphatic rings. The van der Waals surface area contributed by atoms with Crippen molar-refractivity contribution in [2.45, 2.75) is 23.9 Å². The Balaban J connectivity index is 2.72. The highest BCUT2D eigenvalue weighted by atomic mass is 16.6. The number of rotatable bonds is 2. The van der Waals surface area contributed by atoms with Gasteiger partial charge in [-0.1, -0.05) is 0 Å². The molecule has 5 nitrogen and oxygen atoms in total. The van der Waals surface area contributed by atoms with Crippen molar-refractivity contribution in [2.24, 2.45) is 0 Å². The molecule has 4 atom stereocenters. The van der Waals surface area contributed by atoms with E-state index in [4.69, 9.17) is 14.9 Å². The van der Waals surface area contributed by atoms with Gasteiger partial charge >= 0.3 is 0 Å². The van der Waals surface area contributed by atoms with Crippen LogP contribution in [0, 0.1) is 6.92 Å². The van der Waals surface area contributed by atoms with Gasteiger partial charge in [0.25, 0.3) is 0 Å². The lowest BCUT2D eigenvalue weighted by molar-refractivity contribution is -0.0894. The van der Waals surface area contributed by atoms with Crippen LogP contribution in [-0.2, 0) is 4.74 Å². The Labute approximate surface area is 70.2 Å². The fourth-order valence-electron chi connectivity index (χ4n) is 1.23. The molecule has 1 heterocycles. The van der Waals surface area contributed by atoms with Gasteiger partial charge in [-0.25, -0.2) is 0 Å². The maximum absolute atomic E-state index is 9.31. The Morgan fingerprint density at radius 3 is 2.17 bits per heavy atom. The Bertz CT molecular complexity index is 162. The largest absolute Gasteiger partial charge is 0.394 e. The molecule has 1 aliphatic heterocycles. The normalized spacial score (nSPS) is 48.2. The average Bonchev–Trinajstić information content (AvgIpc) is 2.31. The summed E-state index contributed by atoms with van der Waals surface area (Å²) in [5, 5.41) is 36.0. The second-order valence-electron chi connectivity index (χ2n) is 3.00. The zero-order valence-electron chi connectivity index (χ0n) is 6.55. The van der Waals surface area contributed by atoms with Crippen LogP contribution >= 0.6 is 0 Å². The molecule has 0 saturated carbocycles. The first-order chi connectivity index (χ1) is 5.55. The maximum Gasteiger partial charge on any atom is 0.120 e. The first kappa shape index (κ1) is 9.88. The summed E-state index contributed by atoms with van der Waals surface area (Å²) in [5.41, 5.74) is -1.41. The van der Waals surface area contributed by atoms with E-state index in [0.29, 0.717) is 0 Å². The van der Waals surface area contributed by atoms with E-state index in [1.54, 1.807) is 0 Å². The van der Waals surface area contributed by atoms with Gasteiger partial charge in [-0.2, -0.15) is 0 Å². The first-order valence-corrected chi connectivity index (χ1v) is 3.66. The summed E-state index contributed by atoms with van der Waals surface area (Å²) in [7, 11) is 0. The Morgan fingerprint density at radius 1 is 1.33 bits per heavy atom. The minimum atomic E-state index is -1.41. The van der Waals surface area contributed by atoms with Crippen LogP contribution in [0.3, 0.4) is 0 Å². The molecular formula is C7H13O5. The lowest BCUT2D eigenvalue weighted by Gasteiger charge is -2.24. The van der Waals surface area contributed by atoms with E-state index in [0.717, 1.165) is 0 Å². The second kappa shape index (κ2) is 3.27. The Kier molecular flexibility index (Phi) is 2.70. The van der Waals surface area contributed by atoms with Crippen molar-refractivity contribution < 1.29 is 25.2 Å². The first-order valence-electron chi connectivity index (χ1n) is 3.66. The predicted molar refractivity (Wildman–Crippen MR) is 39.1 cm³/mol. The molecule has 4 N–H and O–H groups in total. The fraction of sp³-hybridized carbons (Fsp3) is 0.857. The molecule has 0 aromatic rings. The van der Waals surface area contributed by atoms with Gasteiger partial charge in [-0.05, 0) is 6.92 Å². The molecule has 1 saturated heterocycles. The van der Waals surface area contributed by atoms with E-state index < -0.39 is 37.1 Å². The molecule has 1 unspecified atom stereocenters. The molecule has 0 bridgehead atoms. The summed E-state index contributed by atoms with van der Waals surface area (Å²) in [5.74, 6) is 0. The highest BCUT2D eigenvalue weighted by Gasteiger charge is 2.50. The molecule has 0 amide bonds. The lowest BCUT2D eigenvalue weighted by Crippen LogP contribution is -2.43. The number of ether oxygens (including phenoxy) is 1. The molecule has 71 valence electrons. The minimum Gasteiger partial charge on any atom is -0.394 e. The Morgan fingerprint density at radius 2 is 1.92 bits per heavy atom. The minimum absolute atomic E-state index is 0.407. The molecule has 12 heavy (non-hydrogen) atoms. The van der Waals surface area contributed by atoms with Crippen LogP contribution < -0.4 is 0 Å². The fourth-order valence-corrected chi connectivity index (χ4v) is 1.23. The van der Waals surface area contributed by atoms with Crippen molar-refractivity contribution in [2.75, 3.05) is 13.2 Å². The van der Waals surface area contributed by atoms with Crippen LogP contribution in [0.25, 0.3) is 0 Å². The zero-order chi connectivity index (χ0) is 9.35. The van der Waals surface area contributed by atoms with Gasteiger partial charge in [0.05, 0.1) is 13.2 Å². The average molecular weight is 177 g/mol. The van der Waals surface area contributed by atoms with E-state index >= 15 is 0 Å². The highest BCUT2D eigenvalue weighted by Crippen LogP contribution is 2.29. The third kappa shape index (κ3) is 1.34. The summed E-state index contributed by atoms with van der Waals surface area (Å²) in [6.07, 6.45) is -3.33. The van der Waals surface area contributed by atoms with Gasteiger partial charge in [-0.15, -0.1) is 0 Å². The topological polar surface area (TPSA) is 90.2 Å². The van der Waals surface area contributed by atoms with Gasteiger partial charge < -0.3 is 25.2 Å². The smallest absolute Gasteiger partial charge is 0.120 e. The molecule has 1 rings (SSSR count). The monoisotopic (exact) mass is 177 g/mol. The van der Waals surface area contributed by atoms with Crippen LogP contribution in [0.4, 0.5) is 0 Å². The summed E-state index contributed by atoms with van der Waals surface area (Å²) >= 11 is 0. The molecule has 0 aliphatic carbocycles. The molecule has 1 radical (unpaired) electrons. The zero-order valence-corrected chi connectivity index (χ0v) is 6.55. The molecule has 5 heteroatoms. The van der Waals surface area contributed by atoms with Crippen LogP contribution in [0.1, 0.15) is 0 Å². The van der Waals surface area contributed by atoms with E-state index in [9.17, 15) is 10.2 Å². The molecule has 0 aromatic heterocycles. The maximum atomic E-state index is 9.31. The summed E-state index contributed by atoms with van der Waals surface area (Å²) in [6.45, 7) is 2.52. The lowest BCUT2D eigenvalue weighted by atomic mass is 9.98. The van der Waals surface area contributed by atoms with Crippen molar-refractivity contribution in [1.82, 2.24) is 0 Å². The van der Waals surface area contributed by atoms with Crippen molar-refractivity contribution in [3.63, 3.8) is 0 Å². The molecule has 0 spiro atoms. The van der Waals surface area contributed by atoms with E-state index in [1.165, 1.54) is 0 Å². The summed E-state index contributed by atoms with van der Waals surface area (Å²) in [4.78, 5) is 0. The quantitative estimate of drug-likeness (QED) is 0.379. The SMILES string of the molecule is [CH2]C1(CO)O[C@H](CO)[C@@H](O)[C@@H]1O. The number of hydrogen-bond donors (Lipinski definition) is 4. The van der Waals surface area contributed by atoms with E-state index in [-0.39, 0.29) is 0 Å². The van der Waals surface area contributed by atoms with Gasteiger partial charge in [0.2, 0.25) is 0 Å². The molecule has 1 fully saturated rings. The Hall–Kier alpha value is -0.200. The van der Waals surface area contributed by atoms with Gasteiger partial charge in [-0.3, -0.25) is 0 Å². The second-order valence-corrected chi connectivity index (χ2v) is 3.00. The molecular weight excluding hydrogens is 164 g/mol. The summed E-state index contributed by atoms with van der Waals surface area (Å²) in [6, 6.07) is 0. The van der Waals surface area contributed by atoms with Gasteiger partial charge in [0.1, 0.15) is 23.9 Å². The number of hydrogen-bond acceptors (Lipinski definition) is 5. The molecule has 0 aromatic carbocycles. The predicted octanol–water partition coefficient (Wildman–Crippen LogP) is -2.34. The van der Waals surface area contributed by atoms with E-state index in [2.05, 4.69) is 6.92 Å². The van der Waals surface area contributed by atoms with Crippen LogP contribution in [-0.4, -0.2) is 57.6 Å². The third-order valence-electron chi connectivity index (χ3n) is 2.08. The van der Waals surface area contributed by atoms with Crippen molar-refractivity contribution in [3.8, 4) is 0 Å². The van der Waals surface area contributed by atoms with E-state index in [1.807, 2.05) is 0 Å². The third-order valence-corrected chi connectivity index (χ3v) is 2.08. The van der Waals surface area contributed by atoms with Gasteiger partial charge in [0, 0.05) is 0 Å². The number of aliphatic hydroxyl groups excluding tert-OH is 4. The van der Waals surface area contributed by atoms with Crippen molar-refractivity contribution in [3.05, 3.63) is 6.92 Å². The van der Waals surface area contributed by atoms with Gasteiger partial charge in [0.15, 0.2) is 0 Å².